The molecule has 2 aromatic carbocycles. The van der Waals surface area contributed by atoms with E-state index >= 15 is 0 Å². The summed E-state index contributed by atoms with van der Waals surface area (Å²) in [6.45, 7) is 3.76. The Labute approximate surface area is 155 Å². The molecule has 1 atom stereocenters. The van der Waals surface area contributed by atoms with Gasteiger partial charge in [0.15, 0.2) is 0 Å². The first-order valence-corrected chi connectivity index (χ1v) is 9.62. The molecule has 0 bridgehead atoms. The second kappa shape index (κ2) is 7.99. The van der Waals surface area contributed by atoms with Crippen molar-refractivity contribution in [1.82, 2.24) is 5.32 Å². The summed E-state index contributed by atoms with van der Waals surface area (Å²) in [7, 11) is -4.09. The number of hydrogen-bond acceptors (Lipinski definition) is 3. The molecule has 0 fully saturated rings. The van der Waals surface area contributed by atoms with Crippen molar-refractivity contribution in [1.29, 1.82) is 0 Å². The van der Waals surface area contributed by atoms with Crippen LogP contribution >= 0.6 is 0 Å². The van der Waals surface area contributed by atoms with Crippen LogP contribution in [0.25, 0.3) is 0 Å². The smallest absolute Gasteiger partial charge is 0.350 e. The van der Waals surface area contributed by atoms with Gasteiger partial charge in [0.1, 0.15) is 0 Å². The highest BCUT2D eigenvalue weighted by molar-refractivity contribution is 7.92. The molecule has 0 aromatic heterocycles. The van der Waals surface area contributed by atoms with Crippen molar-refractivity contribution in [2.75, 3.05) is 4.72 Å². The zero-order chi connectivity index (χ0) is 20.2. The highest BCUT2D eigenvalue weighted by atomic mass is 32.2. The number of nitrogens with one attached hydrogen (secondary N) is 2. The Bertz CT molecular complexity index is 910. The summed E-state index contributed by atoms with van der Waals surface area (Å²) < 4.78 is 65.1. The van der Waals surface area contributed by atoms with Crippen LogP contribution < -0.4 is 10.0 Å². The van der Waals surface area contributed by atoms with Crippen molar-refractivity contribution in [2.45, 2.75) is 37.4 Å². The van der Waals surface area contributed by atoms with E-state index in [1.165, 1.54) is 30.3 Å². The Balaban J connectivity index is 2.19. The monoisotopic (exact) mass is 400 g/mol. The highest BCUT2D eigenvalue weighted by Gasteiger charge is 2.30. The largest absolute Gasteiger partial charge is 0.416 e. The van der Waals surface area contributed by atoms with Crippen LogP contribution in [0.15, 0.2) is 53.4 Å². The second-order valence-electron chi connectivity index (χ2n) is 5.99. The van der Waals surface area contributed by atoms with E-state index in [-0.39, 0.29) is 28.1 Å². The first-order chi connectivity index (χ1) is 12.5. The van der Waals surface area contributed by atoms with Gasteiger partial charge in [0, 0.05) is 17.3 Å². The Morgan fingerprint density at radius 1 is 1.11 bits per heavy atom. The molecular formula is C18H19F3N2O3S. The molecule has 0 spiro atoms. The molecule has 2 rings (SSSR count). The van der Waals surface area contributed by atoms with Gasteiger partial charge in [0.05, 0.1) is 10.5 Å². The van der Waals surface area contributed by atoms with Gasteiger partial charge >= 0.3 is 6.18 Å². The number of hydrogen-bond donors (Lipinski definition) is 2. The van der Waals surface area contributed by atoms with Crippen molar-refractivity contribution in [3.8, 4) is 0 Å². The number of halogens is 3. The lowest BCUT2D eigenvalue weighted by atomic mass is 10.2. The molecule has 0 aliphatic heterocycles. The van der Waals surface area contributed by atoms with Gasteiger partial charge in [-0.25, -0.2) is 8.42 Å². The van der Waals surface area contributed by atoms with Crippen molar-refractivity contribution >= 4 is 21.6 Å². The Morgan fingerprint density at radius 3 is 2.30 bits per heavy atom. The van der Waals surface area contributed by atoms with E-state index in [1.807, 2.05) is 13.8 Å². The van der Waals surface area contributed by atoms with Gasteiger partial charge in [-0.3, -0.25) is 9.52 Å². The fourth-order valence-corrected chi connectivity index (χ4v) is 3.22. The van der Waals surface area contributed by atoms with Gasteiger partial charge < -0.3 is 5.32 Å². The number of rotatable bonds is 6. The van der Waals surface area contributed by atoms with E-state index in [4.69, 9.17) is 0 Å². The van der Waals surface area contributed by atoms with Gasteiger partial charge in [-0.1, -0.05) is 13.0 Å². The molecule has 146 valence electrons. The Morgan fingerprint density at radius 2 is 1.74 bits per heavy atom. The van der Waals surface area contributed by atoms with Crippen LogP contribution in [0.5, 0.6) is 0 Å². The summed E-state index contributed by atoms with van der Waals surface area (Å²) in [4.78, 5) is 11.8. The van der Waals surface area contributed by atoms with Crippen molar-refractivity contribution in [2.24, 2.45) is 0 Å². The minimum atomic E-state index is -4.58. The summed E-state index contributed by atoms with van der Waals surface area (Å²) in [5.41, 5.74) is -0.878. The second-order valence-corrected chi connectivity index (χ2v) is 7.67. The average molecular weight is 400 g/mol. The van der Waals surface area contributed by atoms with E-state index in [0.29, 0.717) is 6.07 Å². The molecule has 0 saturated heterocycles. The van der Waals surface area contributed by atoms with Crippen molar-refractivity contribution < 1.29 is 26.4 Å². The maximum atomic E-state index is 12.7. The molecule has 9 heteroatoms. The lowest BCUT2D eigenvalue weighted by Crippen LogP contribution is -2.31. The normalized spacial score (nSPS) is 13.1. The molecule has 2 aromatic rings. The molecule has 0 heterocycles. The minimum Gasteiger partial charge on any atom is -0.350 e. The lowest BCUT2D eigenvalue weighted by molar-refractivity contribution is -0.137. The molecule has 0 saturated carbocycles. The predicted octanol–water partition coefficient (Wildman–Crippen LogP) is 4.03. The lowest BCUT2D eigenvalue weighted by Gasteiger charge is -2.13. The van der Waals surface area contributed by atoms with Crippen LogP contribution in [0.1, 0.15) is 36.2 Å². The number of carbonyl (C=O) groups is 1. The third-order valence-corrected chi connectivity index (χ3v) is 5.26. The average Bonchev–Trinajstić information content (AvgIpc) is 2.60. The van der Waals surface area contributed by atoms with Crippen LogP contribution in [-0.2, 0) is 16.2 Å². The maximum Gasteiger partial charge on any atom is 0.416 e. The molecular weight excluding hydrogens is 381 g/mol. The molecule has 5 nitrogen and oxygen atoms in total. The van der Waals surface area contributed by atoms with Crippen LogP contribution in [0.3, 0.4) is 0 Å². The molecule has 2 N–H and O–H groups in total. The van der Waals surface area contributed by atoms with Gasteiger partial charge in [0.25, 0.3) is 15.9 Å². The van der Waals surface area contributed by atoms with Gasteiger partial charge in [-0.05, 0) is 55.8 Å². The SMILES string of the molecule is CC[C@H](C)NC(=O)c1ccc(S(=O)(=O)Nc2cccc(C(F)(F)F)c2)cc1. The number of alkyl halides is 3. The highest BCUT2D eigenvalue weighted by Crippen LogP contribution is 2.31. The third-order valence-electron chi connectivity index (χ3n) is 3.86. The van der Waals surface area contributed by atoms with Crippen LogP contribution in [0.2, 0.25) is 0 Å². The fraction of sp³-hybridized carbons (Fsp3) is 0.278. The molecule has 0 unspecified atom stereocenters. The van der Waals surface area contributed by atoms with Gasteiger partial charge in [0.2, 0.25) is 0 Å². The number of amides is 1. The van der Waals surface area contributed by atoms with Crippen LogP contribution in [-0.4, -0.2) is 20.4 Å². The first-order valence-electron chi connectivity index (χ1n) is 8.14. The summed E-state index contributed by atoms with van der Waals surface area (Å²) in [5.74, 6) is -0.334. The zero-order valence-corrected chi connectivity index (χ0v) is 15.5. The minimum absolute atomic E-state index is 0.0246. The molecule has 27 heavy (non-hydrogen) atoms. The van der Waals surface area contributed by atoms with E-state index in [0.717, 1.165) is 18.6 Å². The number of benzene rings is 2. The summed E-state index contributed by atoms with van der Waals surface area (Å²) in [6, 6.07) is 9.01. The topological polar surface area (TPSA) is 75.3 Å². The van der Waals surface area contributed by atoms with E-state index in [9.17, 15) is 26.4 Å². The van der Waals surface area contributed by atoms with Gasteiger partial charge in [-0.15, -0.1) is 0 Å². The van der Waals surface area contributed by atoms with Crippen LogP contribution in [0.4, 0.5) is 18.9 Å². The predicted molar refractivity (Wildman–Crippen MR) is 95.9 cm³/mol. The van der Waals surface area contributed by atoms with E-state index in [1.54, 1.807) is 0 Å². The van der Waals surface area contributed by atoms with Crippen LogP contribution in [0, 0.1) is 0 Å². The Hall–Kier alpha value is -2.55. The summed E-state index contributed by atoms with van der Waals surface area (Å²) in [5, 5.41) is 2.75. The molecule has 0 radical (unpaired) electrons. The quantitative estimate of drug-likeness (QED) is 0.769. The number of sulfonamides is 1. The van der Waals surface area contributed by atoms with E-state index < -0.39 is 21.8 Å². The number of anilines is 1. The molecule has 0 aliphatic carbocycles. The standard InChI is InChI=1S/C18H19F3N2O3S/c1-3-12(2)22-17(24)13-7-9-16(10-8-13)27(25,26)23-15-6-4-5-14(11-15)18(19,20)21/h4-12,23H,3H2,1-2H3,(H,22,24)/t12-/m0/s1. The third kappa shape index (κ3) is 5.46. The van der Waals surface area contributed by atoms with E-state index in [2.05, 4.69) is 10.0 Å². The number of carbonyl (C=O) groups excluding carboxylic acids is 1. The Kier molecular flexibility index (Phi) is 6.15. The van der Waals surface area contributed by atoms with Crippen molar-refractivity contribution in [3.05, 3.63) is 59.7 Å². The zero-order valence-electron chi connectivity index (χ0n) is 14.7. The summed E-state index contributed by atoms with van der Waals surface area (Å²) in [6.07, 6.45) is -3.83. The summed E-state index contributed by atoms with van der Waals surface area (Å²) >= 11 is 0. The molecule has 1 amide bonds. The molecule has 0 aliphatic rings. The first kappa shape index (κ1) is 20.8. The fourth-order valence-electron chi connectivity index (χ4n) is 2.17. The van der Waals surface area contributed by atoms with Gasteiger partial charge in [-0.2, -0.15) is 13.2 Å². The van der Waals surface area contributed by atoms with Crippen molar-refractivity contribution in [3.63, 3.8) is 0 Å². The maximum absolute atomic E-state index is 12.7.